The number of nitriles is 1. The molecule has 0 bridgehead atoms. The summed E-state index contributed by atoms with van der Waals surface area (Å²) in [6, 6.07) is 1.45. The van der Waals surface area contributed by atoms with Crippen LogP contribution in [0, 0.1) is 11.3 Å². The van der Waals surface area contributed by atoms with Crippen LogP contribution < -0.4 is 4.74 Å². The first-order valence-corrected chi connectivity index (χ1v) is 3.57. The minimum atomic E-state index is -4.95. The number of nitrogens with zero attached hydrogens (tertiary/aromatic N) is 2. The van der Waals surface area contributed by atoms with Gasteiger partial charge in [-0.3, -0.25) is 9.78 Å². The number of carbonyl (C=O) groups excluding carboxylic acids is 1. The van der Waals surface area contributed by atoms with E-state index in [9.17, 15) is 18.0 Å². The van der Waals surface area contributed by atoms with Gasteiger partial charge in [-0.15, -0.1) is 13.2 Å². The number of halogens is 3. The molecule has 78 valence electrons. The Morgan fingerprint density at radius 1 is 1.47 bits per heavy atom. The Labute approximate surface area is 81.9 Å². The van der Waals surface area contributed by atoms with Crippen molar-refractivity contribution in [2.75, 3.05) is 0 Å². The molecule has 0 aromatic carbocycles. The number of pyridine rings is 1. The molecule has 0 spiro atoms. The van der Waals surface area contributed by atoms with E-state index in [-0.39, 0.29) is 6.29 Å². The topological polar surface area (TPSA) is 63.0 Å². The Balaban J connectivity index is 3.24. The average molecular weight is 216 g/mol. The van der Waals surface area contributed by atoms with Crippen molar-refractivity contribution in [2.45, 2.75) is 6.36 Å². The highest BCUT2D eigenvalue weighted by Crippen LogP contribution is 2.27. The van der Waals surface area contributed by atoms with Gasteiger partial charge in [0.15, 0.2) is 12.0 Å². The van der Waals surface area contributed by atoms with Crippen molar-refractivity contribution in [3.63, 3.8) is 0 Å². The third-order valence-electron chi connectivity index (χ3n) is 1.39. The summed E-state index contributed by atoms with van der Waals surface area (Å²) < 4.78 is 39.3. The minimum Gasteiger partial charge on any atom is -0.403 e. The third-order valence-corrected chi connectivity index (χ3v) is 1.39. The van der Waals surface area contributed by atoms with Gasteiger partial charge in [0.25, 0.3) is 0 Å². The highest BCUT2D eigenvalue weighted by molar-refractivity contribution is 5.80. The fourth-order valence-electron chi connectivity index (χ4n) is 0.858. The maximum Gasteiger partial charge on any atom is 0.573 e. The second-order valence-electron chi connectivity index (χ2n) is 2.38. The van der Waals surface area contributed by atoms with Gasteiger partial charge in [0.1, 0.15) is 11.6 Å². The van der Waals surface area contributed by atoms with Gasteiger partial charge in [-0.05, 0) is 0 Å². The van der Waals surface area contributed by atoms with E-state index in [4.69, 9.17) is 5.26 Å². The van der Waals surface area contributed by atoms with Crippen molar-refractivity contribution in [1.82, 2.24) is 4.98 Å². The number of carbonyl (C=O) groups is 1. The lowest BCUT2D eigenvalue weighted by Gasteiger charge is -2.11. The molecule has 0 amide bonds. The summed E-state index contributed by atoms with van der Waals surface area (Å²) >= 11 is 0. The van der Waals surface area contributed by atoms with Crippen LogP contribution in [-0.2, 0) is 0 Å². The minimum absolute atomic E-state index is 0.134. The molecule has 1 heterocycles. The monoisotopic (exact) mass is 216 g/mol. The molecule has 0 fully saturated rings. The van der Waals surface area contributed by atoms with Crippen LogP contribution in [0.15, 0.2) is 12.4 Å². The standard InChI is InChI=1S/C8H3F3N2O2/c9-8(10,11)15-7-5(1-12)2-13-3-6(7)4-14/h2-4H. The summed E-state index contributed by atoms with van der Waals surface area (Å²) in [4.78, 5) is 13.8. The molecule has 0 N–H and O–H groups in total. The van der Waals surface area contributed by atoms with Gasteiger partial charge in [0.05, 0.1) is 5.56 Å². The quantitative estimate of drug-likeness (QED) is 0.705. The Bertz CT molecular complexity index is 423. The zero-order valence-corrected chi connectivity index (χ0v) is 7.08. The molecule has 7 heteroatoms. The largest absolute Gasteiger partial charge is 0.573 e. The zero-order valence-electron chi connectivity index (χ0n) is 7.08. The first kappa shape index (κ1) is 11.0. The van der Waals surface area contributed by atoms with Gasteiger partial charge >= 0.3 is 6.36 Å². The summed E-state index contributed by atoms with van der Waals surface area (Å²) in [5.41, 5.74) is -0.872. The molecule has 0 saturated carbocycles. The molecule has 1 aromatic rings. The van der Waals surface area contributed by atoms with E-state index in [1.165, 1.54) is 6.07 Å². The fraction of sp³-hybridized carbons (Fsp3) is 0.125. The molecule has 1 aromatic heterocycles. The maximum atomic E-state index is 11.9. The number of rotatable bonds is 2. The molecule has 15 heavy (non-hydrogen) atoms. The Hall–Kier alpha value is -2.10. The van der Waals surface area contributed by atoms with E-state index in [1.807, 2.05) is 0 Å². The average Bonchev–Trinajstić information content (AvgIpc) is 2.16. The SMILES string of the molecule is N#Cc1cncc(C=O)c1OC(F)(F)F. The van der Waals surface area contributed by atoms with E-state index in [0.717, 1.165) is 12.4 Å². The van der Waals surface area contributed by atoms with E-state index in [2.05, 4.69) is 9.72 Å². The van der Waals surface area contributed by atoms with Crippen molar-refractivity contribution in [1.29, 1.82) is 5.26 Å². The third kappa shape index (κ3) is 2.67. The maximum absolute atomic E-state index is 11.9. The van der Waals surface area contributed by atoms with E-state index < -0.39 is 23.2 Å². The van der Waals surface area contributed by atoms with Crippen LogP contribution >= 0.6 is 0 Å². The zero-order chi connectivity index (χ0) is 11.5. The molecule has 0 aliphatic heterocycles. The highest BCUT2D eigenvalue weighted by Gasteiger charge is 2.33. The summed E-state index contributed by atoms with van der Waals surface area (Å²) in [5, 5.41) is 8.48. The summed E-state index contributed by atoms with van der Waals surface area (Å²) in [6.45, 7) is 0. The van der Waals surface area contributed by atoms with Crippen LogP contribution in [-0.4, -0.2) is 17.6 Å². The molecule has 0 unspecified atom stereocenters. The van der Waals surface area contributed by atoms with Gasteiger partial charge in [-0.25, -0.2) is 0 Å². The normalized spacial score (nSPS) is 10.5. The van der Waals surface area contributed by atoms with Crippen LogP contribution in [0.5, 0.6) is 5.75 Å². The smallest absolute Gasteiger partial charge is 0.403 e. The molecule has 0 aliphatic rings. The van der Waals surface area contributed by atoms with E-state index in [0.29, 0.717) is 0 Å². The van der Waals surface area contributed by atoms with Crippen molar-refractivity contribution in [3.05, 3.63) is 23.5 Å². The first-order chi connectivity index (χ1) is 6.98. The number of ether oxygens (including phenoxy) is 1. The second-order valence-corrected chi connectivity index (χ2v) is 2.38. The van der Waals surface area contributed by atoms with Crippen molar-refractivity contribution in [3.8, 4) is 11.8 Å². The van der Waals surface area contributed by atoms with Crippen molar-refractivity contribution >= 4 is 6.29 Å². The predicted molar refractivity (Wildman–Crippen MR) is 41.0 cm³/mol. The van der Waals surface area contributed by atoms with Crippen molar-refractivity contribution in [2.24, 2.45) is 0 Å². The highest BCUT2D eigenvalue weighted by atomic mass is 19.4. The van der Waals surface area contributed by atoms with Gasteiger partial charge in [-0.2, -0.15) is 5.26 Å². The van der Waals surface area contributed by atoms with E-state index in [1.54, 1.807) is 0 Å². The first-order valence-electron chi connectivity index (χ1n) is 3.57. The molecule has 4 nitrogen and oxygen atoms in total. The predicted octanol–water partition coefficient (Wildman–Crippen LogP) is 1.66. The van der Waals surface area contributed by atoms with Crippen LogP contribution in [0.3, 0.4) is 0 Å². The molecule has 0 saturated heterocycles. The van der Waals surface area contributed by atoms with Gasteiger partial charge < -0.3 is 4.74 Å². The van der Waals surface area contributed by atoms with Crippen LogP contribution in [0.2, 0.25) is 0 Å². The Morgan fingerprint density at radius 3 is 2.60 bits per heavy atom. The van der Waals surface area contributed by atoms with Gasteiger partial charge in [-0.1, -0.05) is 0 Å². The van der Waals surface area contributed by atoms with Gasteiger partial charge in [0, 0.05) is 12.4 Å². The molecule has 0 aliphatic carbocycles. The van der Waals surface area contributed by atoms with Crippen molar-refractivity contribution < 1.29 is 22.7 Å². The van der Waals surface area contributed by atoms with Crippen LogP contribution in [0.4, 0.5) is 13.2 Å². The summed E-state index contributed by atoms with van der Waals surface area (Å²) in [5.74, 6) is -0.824. The van der Waals surface area contributed by atoms with Crippen LogP contribution in [0.25, 0.3) is 0 Å². The number of alkyl halides is 3. The molecular formula is C8H3F3N2O2. The lowest BCUT2D eigenvalue weighted by Crippen LogP contribution is -2.19. The molecule has 0 radical (unpaired) electrons. The summed E-state index contributed by atoms with van der Waals surface area (Å²) in [7, 11) is 0. The van der Waals surface area contributed by atoms with Crippen LogP contribution in [0.1, 0.15) is 15.9 Å². The molecule has 0 atom stereocenters. The number of hydrogen-bond acceptors (Lipinski definition) is 4. The fourth-order valence-corrected chi connectivity index (χ4v) is 0.858. The number of aldehydes is 1. The summed E-state index contributed by atoms with van der Waals surface area (Å²) in [6.07, 6.45) is -3.05. The van der Waals surface area contributed by atoms with Gasteiger partial charge in [0.2, 0.25) is 0 Å². The lowest BCUT2D eigenvalue weighted by atomic mass is 10.2. The lowest BCUT2D eigenvalue weighted by molar-refractivity contribution is -0.274. The second kappa shape index (κ2) is 3.96. The Kier molecular flexibility index (Phi) is 2.90. The molecular weight excluding hydrogens is 213 g/mol. The number of aromatic nitrogens is 1. The Morgan fingerprint density at radius 2 is 2.13 bits per heavy atom. The number of hydrogen-bond donors (Lipinski definition) is 0. The van der Waals surface area contributed by atoms with E-state index >= 15 is 0 Å². The molecule has 1 rings (SSSR count).